The van der Waals surface area contributed by atoms with E-state index in [-0.39, 0.29) is 0 Å². The number of hydrogen-bond acceptors (Lipinski definition) is 2. The molecule has 0 saturated carbocycles. The van der Waals surface area contributed by atoms with Gasteiger partial charge in [-0.05, 0) is 75.9 Å². The first-order chi connectivity index (χ1) is 15.2. The van der Waals surface area contributed by atoms with Crippen molar-refractivity contribution >= 4 is 55.2 Å². The molecule has 6 rings (SSSR count). The predicted molar refractivity (Wildman–Crippen MR) is 140 cm³/mol. The number of thiophene rings is 1. The molecule has 0 amide bonds. The van der Waals surface area contributed by atoms with Crippen LogP contribution in [0, 0.1) is 0 Å². The van der Waals surface area contributed by atoms with Crippen molar-refractivity contribution in [2.45, 2.75) is 38.9 Å². The lowest BCUT2D eigenvalue weighted by Gasteiger charge is -2.33. The second-order valence-corrected chi connectivity index (χ2v) is 10.9. The second kappa shape index (κ2) is 6.68. The van der Waals surface area contributed by atoms with E-state index in [0.717, 1.165) is 5.46 Å². The number of rotatable bonds is 4. The lowest BCUT2D eigenvalue weighted by molar-refractivity contribution is -0.0893. The second-order valence-electron chi connectivity index (χ2n) is 9.80. The molecule has 0 atom stereocenters. The lowest BCUT2D eigenvalue weighted by Crippen LogP contribution is -2.49. The first-order valence-corrected chi connectivity index (χ1v) is 11.8. The number of fused-ring (bicyclic) bond motifs is 6. The number of hydrogen-bond donors (Lipinski definition) is 0. The zero-order chi connectivity index (χ0) is 22.3. The fraction of sp³-hybridized carbons (Fsp3) is 0.214. The Kier molecular flexibility index (Phi) is 4.17. The first-order valence-electron chi connectivity index (χ1n) is 11.0. The van der Waals surface area contributed by atoms with Crippen LogP contribution in [0.3, 0.4) is 0 Å². The van der Waals surface area contributed by atoms with Gasteiger partial charge in [-0.3, -0.25) is 0 Å². The van der Waals surface area contributed by atoms with Gasteiger partial charge in [0, 0.05) is 28.6 Å². The molecule has 2 nitrogen and oxygen atoms in total. The van der Waals surface area contributed by atoms with Gasteiger partial charge in [0.25, 0.3) is 0 Å². The van der Waals surface area contributed by atoms with Gasteiger partial charge in [0.15, 0.2) is 5.60 Å². The average molecular weight is 436 g/mol. The van der Waals surface area contributed by atoms with Crippen LogP contribution in [0.4, 0.5) is 0 Å². The predicted octanol–water partition coefficient (Wildman–Crippen LogP) is 6.40. The molecular weight excluding hydrogens is 411 g/mol. The van der Waals surface area contributed by atoms with Gasteiger partial charge in [0.2, 0.25) is 0 Å². The van der Waals surface area contributed by atoms with Crippen molar-refractivity contribution < 1.29 is 9.76 Å². The standard InChI is InChI=1S/C28H24BO2S/c1-27(2,30)28(3,4)31-29-22-12-7-13-23-26(22)21-14-19-17-10-5-8-16-9-6-11-18(25(16)17)20(19)15-24(21)32-23/h5-15,30H,1-4H3/p+1. The molecule has 1 aromatic heterocycles. The quantitative estimate of drug-likeness (QED) is 0.233. The van der Waals surface area contributed by atoms with Gasteiger partial charge in [-0.2, -0.15) is 0 Å². The minimum absolute atomic E-state index is 0.598. The fourth-order valence-electron chi connectivity index (χ4n) is 4.59. The summed E-state index contributed by atoms with van der Waals surface area (Å²) in [6.45, 7) is 7.74. The molecule has 1 aliphatic rings. The fourth-order valence-corrected chi connectivity index (χ4v) is 5.75. The van der Waals surface area contributed by atoms with Crippen molar-refractivity contribution in [1.29, 1.82) is 0 Å². The summed E-state index contributed by atoms with van der Waals surface area (Å²) in [7, 11) is 1.85. The summed E-state index contributed by atoms with van der Waals surface area (Å²) in [5.74, 6) is 0. The van der Waals surface area contributed by atoms with E-state index < -0.39 is 11.2 Å². The first kappa shape index (κ1) is 20.0. The third kappa shape index (κ3) is 2.80. The molecule has 0 aliphatic heterocycles. The van der Waals surface area contributed by atoms with Crippen molar-refractivity contribution in [1.82, 2.24) is 0 Å². The molecule has 1 heterocycles. The Bertz CT molecular complexity index is 1530. The van der Waals surface area contributed by atoms with Crippen molar-refractivity contribution in [3.05, 3.63) is 66.7 Å². The smallest absolute Gasteiger partial charge is 0.331 e. The van der Waals surface area contributed by atoms with E-state index in [1.165, 1.54) is 53.2 Å². The maximum atomic E-state index is 8.42. The molecule has 4 heteroatoms. The summed E-state index contributed by atoms with van der Waals surface area (Å²) >= 11 is 1.84. The van der Waals surface area contributed by atoms with Crippen molar-refractivity contribution in [3.8, 4) is 22.3 Å². The van der Waals surface area contributed by atoms with Gasteiger partial charge < -0.3 is 9.76 Å². The Labute approximate surface area is 192 Å². The minimum atomic E-state index is -0.709. The van der Waals surface area contributed by atoms with Gasteiger partial charge in [-0.1, -0.05) is 48.5 Å². The van der Waals surface area contributed by atoms with Gasteiger partial charge in [0.1, 0.15) is 5.60 Å². The molecule has 157 valence electrons. The zero-order valence-corrected chi connectivity index (χ0v) is 19.6. The summed E-state index contributed by atoms with van der Waals surface area (Å²) in [6.07, 6.45) is 0. The number of benzene rings is 4. The third-order valence-corrected chi connectivity index (χ3v) is 8.26. The highest BCUT2D eigenvalue weighted by Gasteiger charge is 2.40. The van der Waals surface area contributed by atoms with Crippen LogP contribution in [-0.4, -0.2) is 23.8 Å². The molecule has 0 bridgehead atoms. The highest BCUT2D eigenvalue weighted by Crippen LogP contribution is 2.50. The molecule has 1 radical (unpaired) electrons. The largest absolute Gasteiger partial charge is 0.439 e. The monoisotopic (exact) mass is 436 g/mol. The zero-order valence-electron chi connectivity index (χ0n) is 18.7. The van der Waals surface area contributed by atoms with Crippen LogP contribution in [0.25, 0.3) is 53.2 Å². The van der Waals surface area contributed by atoms with Crippen LogP contribution < -0.4 is 5.46 Å². The molecule has 32 heavy (non-hydrogen) atoms. The van der Waals surface area contributed by atoms with Gasteiger partial charge in [0.05, 0.1) is 0 Å². The van der Waals surface area contributed by atoms with E-state index in [1.54, 1.807) is 0 Å². The summed E-state index contributed by atoms with van der Waals surface area (Å²) in [6, 6.07) is 24.3. The van der Waals surface area contributed by atoms with Crippen molar-refractivity contribution in [3.63, 3.8) is 0 Å². The average Bonchev–Trinajstić information content (AvgIpc) is 3.27. The summed E-state index contributed by atoms with van der Waals surface area (Å²) < 4.78 is 8.74. The van der Waals surface area contributed by atoms with Crippen LogP contribution in [0.2, 0.25) is 0 Å². The van der Waals surface area contributed by atoms with Crippen LogP contribution in [0.1, 0.15) is 27.7 Å². The maximum absolute atomic E-state index is 8.42. The molecule has 5 aromatic rings. The Morgan fingerprint density at radius 3 is 2.09 bits per heavy atom. The van der Waals surface area contributed by atoms with Gasteiger partial charge in [-0.25, -0.2) is 0 Å². The topological polar surface area (TPSA) is 32.1 Å². The Balaban J connectivity index is 1.54. The summed E-state index contributed by atoms with van der Waals surface area (Å²) in [5, 5.41) is 13.6. The Morgan fingerprint density at radius 1 is 0.750 bits per heavy atom. The van der Waals surface area contributed by atoms with Gasteiger partial charge >= 0.3 is 7.48 Å². The molecule has 0 fully saturated rings. The molecule has 1 aliphatic carbocycles. The Morgan fingerprint density at radius 2 is 1.41 bits per heavy atom. The van der Waals surface area contributed by atoms with Crippen molar-refractivity contribution in [2.24, 2.45) is 0 Å². The van der Waals surface area contributed by atoms with Crippen molar-refractivity contribution in [2.75, 3.05) is 0 Å². The van der Waals surface area contributed by atoms with E-state index in [4.69, 9.17) is 9.76 Å². The molecule has 0 unspecified atom stereocenters. The van der Waals surface area contributed by atoms with E-state index in [9.17, 15) is 0 Å². The van der Waals surface area contributed by atoms with Crippen LogP contribution >= 0.6 is 11.3 Å². The SMILES string of the molecule is CC(C)([OH2+])C(C)(C)O[B]c1cccc2sc3cc4c(cc3c12)-c1cccc2cccc-4c12. The normalized spacial score (nSPS) is 13.3. The lowest BCUT2D eigenvalue weighted by atomic mass is 9.80. The van der Waals surface area contributed by atoms with E-state index in [2.05, 4.69) is 66.7 Å². The third-order valence-electron chi connectivity index (χ3n) is 7.14. The maximum Gasteiger partial charge on any atom is 0.331 e. The molecule has 4 aromatic carbocycles. The minimum Gasteiger partial charge on any atom is -0.439 e. The molecule has 0 saturated heterocycles. The van der Waals surface area contributed by atoms with Crippen LogP contribution in [0.15, 0.2) is 66.7 Å². The van der Waals surface area contributed by atoms with E-state index in [0.29, 0.717) is 0 Å². The molecule has 0 spiro atoms. The highest BCUT2D eigenvalue weighted by molar-refractivity contribution is 7.26. The summed E-state index contributed by atoms with van der Waals surface area (Å²) in [5.41, 5.74) is 5.06. The molecule has 2 N–H and O–H groups in total. The van der Waals surface area contributed by atoms with Crippen LogP contribution in [-0.2, 0) is 4.65 Å². The Hall–Kier alpha value is -2.66. The highest BCUT2D eigenvalue weighted by atomic mass is 32.1. The van der Waals surface area contributed by atoms with Crippen LogP contribution in [0.5, 0.6) is 0 Å². The summed E-state index contributed by atoms with van der Waals surface area (Å²) in [4.78, 5) is 0. The van der Waals surface area contributed by atoms with E-state index in [1.807, 2.05) is 46.5 Å². The van der Waals surface area contributed by atoms with Gasteiger partial charge in [-0.15, -0.1) is 11.3 Å². The molecular formula is C28H25BO2S+. The van der Waals surface area contributed by atoms with E-state index >= 15 is 0 Å².